The van der Waals surface area contributed by atoms with Crippen molar-refractivity contribution in [3.05, 3.63) is 59.7 Å². The van der Waals surface area contributed by atoms with Gasteiger partial charge in [0.05, 0.1) is 12.7 Å². The average Bonchev–Trinajstić information content (AvgIpc) is 2.52. The van der Waals surface area contributed by atoms with E-state index in [9.17, 15) is 18.0 Å². The first-order valence-electron chi connectivity index (χ1n) is 6.44. The molecule has 0 N–H and O–H groups in total. The Hall–Kier alpha value is -2.94. The van der Waals surface area contributed by atoms with Gasteiger partial charge in [0.1, 0.15) is 11.5 Å². The van der Waals surface area contributed by atoms with Crippen LogP contribution in [0.15, 0.2) is 48.5 Å². The third kappa shape index (κ3) is 4.78. The van der Waals surface area contributed by atoms with Gasteiger partial charge in [-0.25, -0.2) is 0 Å². The first-order valence-corrected chi connectivity index (χ1v) is 6.44. The number of rotatable bonds is 3. The molecule has 0 radical (unpaired) electrons. The Labute approximate surface area is 130 Å². The van der Waals surface area contributed by atoms with Gasteiger partial charge < -0.3 is 9.47 Å². The molecule has 6 heteroatoms. The van der Waals surface area contributed by atoms with Gasteiger partial charge in [-0.2, -0.15) is 0 Å². The number of methoxy groups -OCH3 is 1. The molecule has 2 aromatic rings. The van der Waals surface area contributed by atoms with Gasteiger partial charge in [0.15, 0.2) is 0 Å². The van der Waals surface area contributed by atoms with E-state index in [2.05, 4.69) is 16.6 Å². The molecule has 0 amide bonds. The van der Waals surface area contributed by atoms with E-state index < -0.39 is 17.9 Å². The van der Waals surface area contributed by atoms with Gasteiger partial charge in [0.25, 0.3) is 0 Å². The number of carbonyl (C=O) groups is 1. The molecule has 0 spiro atoms. The Bertz CT molecular complexity index is 756. The minimum atomic E-state index is -4.82. The van der Waals surface area contributed by atoms with Crippen LogP contribution in [0.25, 0.3) is 0 Å². The Balaban J connectivity index is 2.25. The molecular formula is C17H11F3O3. The van der Waals surface area contributed by atoms with Crippen LogP contribution in [-0.2, 0) is 0 Å². The van der Waals surface area contributed by atoms with Crippen molar-refractivity contribution in [3.63, 3.8) is 0 Å². The first-order chi connectivity index (χ1) is 10.9. The van der Waals surface area contributed by atoms with Crippen molar-refractivity contribution < 1.29 is 27.4 Å². The van der Waals surface area contributed by atoms with Gasteiger partial charge in [-0.15, -0.1) is 13.2 Å². The van der Waals surface area contributed by atoms with Crippen LogP contribution in [0.5, 0.6) is 11.5 Å². The monoisotopic (exact) mass is 320 g/mol. The molecule has 0 aliphatic heterocycles. The minimum Gasteiger partial charge on any atom is -0.496 e. The maximum atomic E-state index is 12.2. The number of hydrogen-bond donors (Lipinski definition) is 0. The summed E-state index contributed by atoms with van der Waals surface area (Å²) in [4.78, 5) is 12.1. The maximum Gasteiger partial charge on any atom is 0.573 e. The molecule has 23 heavy (non-hydrogen) atoms. The number of ether oxygens (including phenoxy) is 2. The highest BCUT2D eigenvalue weighted by molar-refractivity contribution is 6.11. The average molecular weight is 320 g/mol. The van der Waals surface area contributed by atoms with Crippen molar-refractivity contribution in [2.75, 3.05) is 7.11 Å². The molecule has 0 saturated carbocycles. The molecule has 0 fully saturated rings. The molecule has 0 atom stereocenters. The van der Waals surface area contributed by atoms with E-state index in [4.69, 9.17) is 4.74 Å². The number of ketones is 1. The summed E-state index contributed by atoms with van der Waals surface area (Å²) in [6.45, 7) is 0. The highest BCUT2D eigenvalue weighted by atomic mass is 19.4. The SMILES string of the molecule is COc1cc(OC(F)(F)F)ccc1C(=O)C#Cc1ccccc1. The summed E-state index contributed by atoms with van der Waals surface area (Å²) in [7, 11) is 1.24. The summed E-state index contributed by atoms with van der Waals surface area (Å²) in [5.41, 5.74) is 0.710. The third-order valence-electron chi connectivity index (χ3n) is 2.75. The fourth-order valence-electron chi connectivity index (χ4n) is 1.77. The van der Waals surface area contributed by atoms with Crippen molar-refractivity contribution in [2.45, 2.75) is 6.36 Å². The molecule has 2 rings (SSSR count). The van der Waals surface area contributed by atoms with Gasteiger partial charge in [-0.05, 0) is 30.2 Å². The smallest absolute Gasteiger partial charge is 0.496 e. The molecule has 0 bridgehead atoms. The van der Waals surface area contributed by atoms with Crippen LogP contribution in [0.3, 0.4) is 0 Å². The number of benzene rings is 2. The zero-order valence-electron chi connectivity index (χ0n) is 12.0. The number of halogens is 3. The fourth-order valence-corrected chi connectivity index (χ4v) is 1.77. The van der Waals surface area contributed by atoms with E-state index in [0.717, 1.165) is 12.1 Å². The molecule has 2 aromatic carbocycles. The van der Waals surface area contributed by atoms with Crippen LogP contribution in [0.2, 0.25) is 0 Å². The third-order valence-corrected chi connectivity index (χ3v) is 2.75. The van der Waals surface area contributed by atoms with E-state index in [1.165, 1.54) is 13.2 Å². The zero-order chi connectivity index (χ0) is 16.9. The van der Waals surface area contributed by atoms with Crippen LogP contribution in [0.4, 0.5) is 13.2 Å². The number of alkyl halides is 3. The van der Waals surface area contributed by atoms with Crippen LogP contribution >= 0.6 is 0 Å². The summed E-state index contributed by atoms with van der Waals surface area (Å²) < 4.78 is 45.3. The van der Waals surface area contributed by atoms with Crippen molar-refractivity contribution in [1.82, 2.24) is 0 Å². The minimum absolute atomic E-state index is 0.0425. The number of hydrogen-bond acceptors (Lipinski definition) is 3. The molecule has 0 aliphatic rings. The van der Waals surface area contributed by atoms with E-state index >= 15 is 0 Å². The summed E-state index contributed by atoms with van der Waals surface area (Å²) in [6, 6.07) is 12.0. The summed E-state index contributed by atoms with van der Waals surface area (Å²) in [5, 5.41) is 0. The fraction of sp³-hybridized carbons (Fsp3) is 0.118. The topological polar surface area (TPSA) is 35.5 Å². The normalized spacial score (nSPS) is 10.4. The summed E-state index contributed by atoms with van der Waals surface area (Å²) in [5.74, 6) is 4.03. The molecule has 0 heterocycles. The maximum absolute atomic E-state index is 12.2. The number of carbonyl (C=O) groups excluding carboxylic acids is 1. The van der Waals surface area contributed by atoms with Crippen LogP contribution in [0.1, 0.15) is 15.9 Å². The van der Waals surface area contributed by atoms with E-state index in [1.807, 2.05) is 6.07 Å². The van der Waals surface area contributed by atoms with Crippen LogP contribution in [0, 0.1) is 11.8 Å². The van der Waals surface area contributed by atoms with Crippen LogP contribution < -0.4 is 9.47 Å². The van der Waals surface area contributed by atoms with Gasteiger partial charge in [-0.1, -0.05) is 24.1 Å². The molecule has 118 valence electrons. The predicted octanol–water partition coefficient (Wildman–Crippen LogP) is 3.83. The Kier molecular flexibility index (Phi) is 4.91. The number of Topliss-reactive ketones (excluding diaryl/α,β-unsaturated/α-hetero) is 1. The Morgan fingerprint density at radius 3 is 2.39 bits per heavy atom. The summed E-state index contributed by atoms with van der Waals surface area (Å²) >= 11 is 0. The van der Waals surface area contributed by atoms with Crippen molar-refractivity contribution >= 4 is 5.78 Å². The molecule has 0 saturated heterocycles. The second-order valence-electron chi connectivity index (χ2n) is 4.36. The van der Waals surface area contributed by atoms with Crippen molar-refractivity contribution in [2.24, 2.45) is 0 Å². The van der Waals surface area contributed by atoms with Gasteiger partial charge in [-0.3, -0.25) is 4.79 Å². The van der Waals surface area contributed by atoms with E-state index in [-0.39, 0.29) is 11.3 Å². The molecular weight excluding hydrogens is 309 g/mol. The predicted molar refractivity (Wildman–Crippen MR) is 77.3 cm³/mol. The summed E-state index contributed by atoms with van der Waals surface area (Å²) in [6.07, 6.45) is -4.82. The quantitative estimate of drug-likeness (QED) is 0.637. The standard InChI is InChI=1S/C17H11F3O3/c1-22-16-11-13(23-17(18,19)20)8-9-14(16)15(21)10-7-12-5-3-2-4-6-12/h2-6,8-9,11H,1H3. The molecule has 0 unspecified atom stereocenters. The lowest BCUT2D eigenvalue weighted by atomic mass is 10.1. The van der Waals surface area contributed by atoms with Gasteiger partial charge in [0.2, 0.25) is 5.78 Å². The van der Waals surface area contributed by atoms with Gasteiger partial charge >= 0.3 is 6.36 Å². The Morgan fingerprint density at radius 1 is 1.09 bits per heavy atom. The van der Waals surface area contributed by atoms with E-state index in [0.29, 0.717) is 5.56 Å². The molecule has 0 aliphatic carbocycles. The molecule has 0 aromatic heterocycles. The Morgan fingerprint density at radius 2 is 1.78 bits per heavy atom. The first kappa shape index (κ1) is 16.4. The van der Waals surface area contributed by atoms with Crippen molar-refractivity contribution in [3.8, 4) is 23.3 Å². The lowest BCUT2D eigenvalue weighted by molar-refractivity contribution is -0.274. The second-order valence-corrected chi connectivity index (χ2v) is 4.36. The largest absolute Gasteiger partial charge is 0.573 e. The molecule has 3 nitrogen and oxygen atoms in total. The highest BCUT2D eigenvalue weighted by Crippen LogP contribution is 2.29. The highest BCUT2D eigenvalue weighted by Gasteiger charge is 2.31. The zero-order valence-corrected chi connectivity index (χ0v) is 12.0. The van der Waals surface area contributed by atoms with Gasteiger partial charge in [0, 0.05) is 11.6 Å². The lowest BCUT2D eigenvalue weighted by Gasteiger charge is -2.11. The van der Waals surface area contributed by atoms with Crippen LogP contribution in [-0.4, -0.2) is 19.3 Å². The second kappa shape index (κ2) is 6.88. The lowest BCUT2D eigenvalue weighted by Crippen LogP contribution is -2.17. The van der Waals surface area contributed by atoms with E-state index in [1.54, 1.807) is 24.3 Å². The van der Waals surface area contributed by atoms with Crippen molar-refractivity contribution in [1.29, 1.82) is 0 Å².